The molecule has 0 unspecified atom stereocenters. The third-order valence-corrected chi connectivity index (χ3v) is 4.59. The van der Waals surface area contributed by atoms with E-state index in [1.165, 1.54) is 12.0 Å². The van der Waals surface area contributed by atoms with Crippen LogP contribution >= 0.6 is 11.6 Å². The fourth-order valence-electron chi connectivity index (χ4n) is 3.04. The van der Waals surface area contributed by atoms with E-state index in [2.05, 4.69) is 9.72 Å². The molecule has 0 spiro atoms. The third-order valence-electron chi connectivity index (χ3n) is 4.36. The number of hydrogen-bond donors (Lipinski definition) is 1. The molecule has 1 amide bonds. The first-order valence-electron chi connectivity index (χ1n) is 9.36. The molecule has 158 valence electrons. The van der Waals surface area contributed by atoms with Crippen molar-refractivity contribution in [1.82, 2.24) is 9.88 Å². The van der Waals surface area contributed by atoms with Crippen molar-refractivity contribution in [2.24, 2.45) is 0 Å². The number of carbonyl (C=O) groups excluding carboxylic acids is 3. The summed E-state index contributed by atoms with van der Waals surface area (Å²) in [6.45, 7) is 5.28. The molecular formula is C21H27ClN2O5. The van der Waals surface area contributed by atoms with Gasteiger partial charge in [-0.3, -0.25) is 9.59 Å². The van der Waals surface area contributed by atoms with Crippen molar-refractivity contribution in [3.05, 3.63) is 36.0 Å². The standard InChI is InChI=1S/C21H27ClN2O5/c1-21(2,3)29-20(27)17(24(18(25)12-22)10-9-19(26)28-4)11-14-13-23-16-8-6-5-7-15(14)16/h5-8,13,17,23H,9-12H2,1-4H3/t17-/m0/s1. The smallest absolute Gasteiger partial charge is 0.329 e. The highest BCUT2D eigenvalue weighted by Gasteiger charge is 2.34. The highest BCUT2D eigenvalue weighted by molar-refractivity contribution is 6.27. The lowest BCUT2D eigenvalue weighted by molar-refractivity contribution is -0.165. The number of amides is 1. The number of nitrogens with zero attached hydrogens (tertiary/aromatic N) is 1. The average molecular weight is 423 g/mol. The van der Waals surface area contributed by atoms with Gasteiger partial charge in [-0.1, -0.05) is 18.2 Å². The Balaban J connectivity index is 2.38. The second-order valence-corrected chi connectivity index (χ2v) is 7.93. The number of benzene rings is 1. The van der Waals surface area contributed by atoms with E-state index in [1.807, 2.05) is 30.5 Å². The summed E-state index contributed by atoms with van der Waals surface area (Å²) in [4.78, 5) is 41.7. The Bertz CT molecular complexity index is 871. The van der Waals surface area contributed by atoms with E-state index in [4.69, 9.17) is 16.3 Å². The summed E-state index contributed by atoms with van der Waals surface area (Å²) in [7, 11) is 1.27. The largest absolute Gasteiger partial charge is 0.469 e. The maximum Gasteiger partial charge on any atom is 0.329 e. The molecular weight excluding hydrogens is 396 g/mol. The van der Waals surface area contributed by atoms with Crippen LogP contribution in [-0.2, 0) is 30.3 Å². The lowest BCUT2D eigenvalue weighted by atomic mass is 10.0. The fraction of sp³-hybridized carbons (Fsp3) is 0.476. The van der Waals surface area contributed by atoms with Gasteiger partial charge < -0.3 is 19.4 Å². The first-order chi connectivity index (χ1) is 13.7. The van der Waals surface area contributed by atoms with Gasteiger partial charge in [-0.25, -0.2) is 4.79 Å². The average Bonchev–Trinajstić information content (AvgIpc) is 3.08. The van der Waals surface area contributed by atoms with Crippen LogP contribution in [-0.4, -0.2) is 58.9 Å². The van der Waals surface area contributed by atoms with Crippen molar-refractivity contribution in [3.8, 4) is 0 Å². The molecule has 1 aromatic heterocycles. The topological polar surface area (TPSA) is 88.7 Å². The molecule has 29 heavy (non-hydrogen) atoms. The third kappa shape index (κ3) is 6.22. The van der Waals surface area contributed by atoms with E-state index in [-0.39, 0.29) is 25.3 Å². The van der Waals surface area contributed by atoms with E-state index >= 15 is 0 Å². The number of hydrogen-bond acceptors (Lipinski definition) is 5. The number of fused-ring (bicyclic) bond motifs is 1. The summed E-state index contributed by atoms with van der Waals surface area (Å²) in [5.74, 6) is -1.79. The number of H-pyrrole nitrogens is 1. The van der Waals surface area contributed by atoms with Crippen molar-refractivity contribution < 1.29 is 23.9 Å². The van der Waals surface area contributed by atoms with Crippen molar-refractivity contribution in [3.63, 3.8) is 0 Å². The number of aromatic amines is 1. The normalized spacial score (nSPS) is 12.4. The monoisotopic (exact) mass is 422 g/mol. The van der Waals surface area contributed by atoms with Crippen LogP contribution < -0.4 is 0 Å². The van der Waals surface area contributed by atoms with Gasteiger partial charge in [0.1, 0.15) is 17.5 Å². The molecule has 0 aliphatic carbocycles. The number of esters is 2. The molecule has 0 saturated heterocycles. The molecule has 7 nitrogen and oxygen atoms in total. The number of ether oxygens (including phenoxy) is 2. The lowest BCUT2D eigenvalue weighted by Crippen LogP contribution is -2.50. The molecule has 8 heteroatoms. The van der Waals surface area contributed by atoms with E-state index in [0.29, 0.717) is 0 Å². The molecule has 2 aromatic rings. The van der Waals surface area contributed by atoms with Crippen LogP contribution in [0.2, 0.25) is 0 Å². The number of alkyl halides is 1. The van der Waals surface area contributed by atoms with Crippen LogP contribution in [0.25, 0.3) is 10.9 Å². The molecule has 1 N–H and O–H groups in total. The molecule has 0 bridgehead atoms. The molecule has 1 aromatic carbocycles. The highest BCUT2D eigenvalue weighted by Crippen LogP contribution is 2.23. The number of nitrogens with one attached hydrogen (secondary N) is 1. The van der Waals surface area contributed by atoms with Gasteiger partial charge in [0, 0.05) is 30.1 Å². The number of methoxy groups -OCH3 is 1. The minimum Gasteiger partial charge on any atom is -0.469 e. The molecule has 0 aliphatic heterocycles. The summed E-state index contributed by atoms with van der Waals surface area (Å²) in [6.07, 6.45) is 1.99. The number of carbonyl (C=O) groups is 3. The number of rotatable bonds is 8. The number of aromatic nitrogens is 1. The highest BCUT2D eigenvalue weighted by atomic mass is 35.5. The van der Waals surface area contributed by atoms with Gasteiger partial charge in [0.05, 0.1) is 13.5 Å². The maximum absolute atomic E-state index is 13.0. The van der Waals surface area contributed by atoms with Gasteiger partial charge >= 0.3 is 11.9 Å². The molecule has 2 rings (SSSR count). The van der Waals surface area contributed by atoms with Crippen LogP contribution in [0.1, 0.15) is 32.8 Å². The van der Waals surface area contributed by atoms with Gasteiger partial charge in [-0.05, 0) is 32.4 Å². The molecule has 0 aliphatic rings. The van der Waals surface area contributed by atoms with Crippen LogP contribution in [0.5, 0.6) is 0 Å². The predicted octanol–water partition coefficient (Wildman–Crippen LogP) is 3.05. The van der Waals surface area contributed by atoms with Crippen LogP contribution in [0.4, 0.5) is 0 Å². The molecule has 0 saturated carbocycles. The van der Waals surface area contributed by atoms with Crippen molar-refractivity contribution >= 4 is 40.3 Å². The zero-order valence-corrected chi connectivity index (χ0v) is 17.9. The number of halogens is 1. The van der Waals surface area contributed by atoms with Gasteiger partial charge in [0.2, 0.25) is 5.91 Å². The van der Waals surface area contributed by atoms with Gasteiger partial charge in [-0.15, -0.1) is 11.6 Å². The second-order valence-electron chi connectivity index (χ2n) is 7.66. The summed E-state index contributed by atoms with van der Waals surface area (Å²) < 4.78 is 10.2. The molecule has 0 radical (unpaired) electrons. The van der Waals surface area contributed by atoms with E-state index in [9.17, 15) is 14.4 Å². The lowest BCUT2D eigenvalue weighted by Gasteiger charge is -2.32. The Labute approximate surface area is 175 Å². The van der Waals surface area contributed by atoms with E-state index in [0.717, 1.165) is 16.5 Å². The zero-order valence-electron chi connectivity index (χ0n) is 17.2. The Morgan fingerprint density at radius 3 is 2.52 bits per heavy atom. The summed E-state index contributed by atoms with van der Waals surface area (Å²) in [6, 6.07) is 6.76. The van der Waals surface area contributed by atoms with Crippen LogP contribution in [0, 0.1) is 0 Å². The summed E-state index contributed by atoms with van der Waals surface area (Å²) >= 11 is 5.79. The Kier molecular flexibility index (Phi) is 7.67. The van der Waals surface area contributed by atoms with E-state index < -0.39 is 29.5 Å². The van der Waals surface area contributed by atoms with Crippen molar-refractivity contribution in [2.45, 2.75) is 45.3 Å². The van der Waals surface area contributed by atoms with Crippen molar-refractivity contribution in [1.29, 1.82) is 0 Å². The first kappa shape index (κ1) is 22.7. The zero-order chi connectivity index (χ0) is 21.6. The van der Waals surface area contributed by atoms with Gasteiger partial charge in [0.25, 0.3) is 0 Å². The van der Waals surface area contributed by atoms with Gasteiger partial charge in [-0.2, -0.15) is 0 Å². The predicted molar refractivity (Wildman–Crippen MR) is 111 cm³/mol. The SMILES string of the molecule is COC(=O)CCN(C(=O)CCl)[C@@H](Cc1c[nH]c2ccccc12)C(=O)OC(C)(C)C. The van der Waals surface area contributed by atoms with Crippen LogP contribution in [0.15, 0.2) is 30.5 Å². The Hall–Kier alpha value is -2.54. The molecule has 0 fully saturated rings. The van der Waals surface area contributed by atoms with E-state index in [1.54, 1.807) is 20.8 Å². The quantitative estimate of drug-likeness (QED) is 0.521. The summed E-state index contributed by atoms with van der Waals surface area (Å²) in [5, 5.41) is 0.951. The van der Waals surface area contributed by atoms with Gasteiger partial charge in [0.15, 0.2) is 0 Å². The molecule has 1 atom stereocenters. The fourth-order valence-corrected chi connectivity index (χ4v) is 3.20. The number of para-hydroxylation sites is 1. The summed E-state index contributed by atoms with van der Waals surface area (Å²) in [5.41, 5.74) is 1.06. The minimum atomic E-state index is -0.927. The molecule has 1 heterocycles. The van der Waals surface area contributed by atoms with Crippen molar-refractivity contribution in [2.75, 3.05) is 19.5 Å². The Morgan fingerprint density at radius 1 is 1.21 bits per heavy atom. The minimum absolute atomic E-state index is 0.00446. The van der Waals surface area contributed by atoms with Crippen LogP contribution in [0.3, 0.4) is 0 Å². The maximum atomic E-state index is 13.0. The second kappa shape index (κ2) is 9.78. The first-order valence-corrected chi connectivity index (χ1v) is 9.90. The Morgan fingerprint density at radius 2 is 1.90 bits per heavy atom.